The van der Waals surface area contributed by atoms with Crippen molar-refractivity contribution in [2.45, 2.75) is 19.8 Å². The molecule has 1 heterocycles. The Labute approximate surface area is 136 Å². The number of nitrogens with zero attached hydrogens (tertiary/aromatic N) is 2. The SMILES string of the molecule is Cc1cccc(C(=O)NCCCc2nc3ccccc3n2C)c1. The number of carbonyl (C=O) groups is 1. The number of benzene rings is 2. The van der Waals surface area contributed by atoms with E-state index in [1.165, 1.54) is 0 Å². The van der Waals surface area contributed by atoms with Crippen molar-refractivity contribution in [1.82, 2.24) is 14.9 Å². The molecule has 2 aromatic carbocycles. The fourth-order valence-corrected chi connectivity index (χ4v) is 2.76. The van der Waals surface area contributed by atoms with Gasteiger partial charge in [0, 0.05) is 25.6 Å². The number of hydrogen-bond acceptors (Lipinski definition) is 2. The van der Waals surface area contributed by atoms with Crippen LogP contribution in [0.15, 0.2) is 48.5 Å². The first-order valence-corrected chi connectivity index (χ1v) is 7.90. The molecule has 118 valence electrons. The van der Waals surface area contributed by atoms with Crippen molar-refractivity contribution in [2.24, 2.45) is 7.05 Å². The molecule has 0 atom stereocenters. The Balaban J connectivity index is 1.55. The molecule has 0 bridgehead atoms. The van der Waals surface area contributed by atoms with E-state index in [0.29, 0.717) is 12.1 Å². The van der Waals surface area contributed by atoms with Gasteiger partial charge in [0.05, 0.1) is 11.0 Å². The van der Waals surface area contributed by atoms with Gasteiger partial charge in [0.25, 0.3) is 5.91 Å². The molecule has 3 rings (SSSR count). The average molecular weight is 307 g/mol. The highest BCUT2D eigenvalue weighted by Crippen LogP contribution is 2.15. The number of aromatic nitrogens is 2. The summed E-state index contributed by atoms with van der Waals surface area (Å²) in [6.07, 6.45) is 1.72. The minimum Gasteiger partial charge on any atom is -0.352 e. The van der Waals surface area contributed by atoms with Crippen molar-refractivity contribution in [2.75, 3.05) is 6.54 Å². The maximum Gasteiger partial charge on any atom is 0.251 e. The minimum atomic E-state index is -0.0151. The van der Waals surface area contributed by atoms with Gasteiger partial charge in [-0.1, -0.05) is 29.8 Å². The highest BCUT2D eigenvalue weighted by Gasteiger charge is 2.08. The molecule has 0 saturated carbocycles. The van der Waals surface area contributed by atoms with Crippen LogP contribution in [0, 0.1) is 6.92 Å². The molecule has 0 radical (unpaired) electrons. The highest BCUT2D eigenvalue weighted by molar-refractivity contribution is 5.94. The van der Waals surface area contributed by atoms with Crippen LogP contribution < -0.4 is 5.32 Å². The van der Waals surface area contributed by atoms with Crippen LogP contribution in [0.5, 0.6) is 0 Å². The third-order valence-electron chi connectivity index (χ3n) is 4.02. The lowest BCUT2D eigenvalue weighted by Crippen LogP contribution is -2.25. The van der Waals surface area contributed by atoms with Crippen LogP contribution in [0.2, 0.25) is 0 Å². The van der Waals surface area contributed by atoms with Crippen LogP contribution in [-0.4, -0.2) is 22.0 Å². The lowest BCUT2D eigenvalue weighted by molar-refractivity contribution is 0.0953. The number of carbonyl (C=O) groups excluding carboxylic acids is 1. The predicted octanol–water partition coefficient (Wildman–Crippen LogP) is 3.24. The number of hydrogen-bond donors (Lipinski definition) is 1. The second-order valence-electron chi connectivity index (χ2n) is 5.80. The second-order valence-corrected chi connectivity index (χ2v) is 5.80. The molecule has 3 aromatic rings. The summed E-state index contributed by atoms with van der Waals surface area (Å²) in [5.74, 6) is 1.04. The fourth-order valence-electron chi connectivity index (χ4n) is 2.76. The highest BCUT2D eigenvalue weighted by atomic mass is 16.1. The Hall–Kier alpha value is -2.62. The lowest BCUT2D eigenvalue weighted by Gasteiger charge is -2.06. The molecule has 4 heteroatoms. The van der Waals surface area contributed by atoms with E-state index in [-0.39, 0.29) is 5.91 Å². The number of fused-ring (bicyclic) bond motifs is 1. The Morgan fingerprint density at radius 1 is 1.17 bits per heavy atom. The Morgan fingerprint density at radius 2 is 2.00 bits per heavy atom. The zero-order chi connectivity index (χ0) is 16.2. The van der Waals surface area contributed by atoms with Crippen LogP contribution in [0.3, 0.4) is 0 Å². The summed E-state index contributed by atoms with van der Waals surface area (Å²) in [6, 6.07) is 15.8. The van der Waals surface area contributed by atoms with Crippen molar-refractivity contribution in [1.29, 1.82) is 0 Å². The quantitative estimate of drug-likeness (QED) is 0.736. The topological polar surface area (TPSA) is 46.9 Å². The first-order chi connectivity index (χ1) is 11.1. The molecule has 0 spiro atoms. The van der Waals surface area contributed by atoms with Crippen molar-refractivity contribution in [3.05, 3.63) is 65.5 Å². The number of imidazole rings is 1. The van der Waals surface area contributed by atoms with Crippen LogP contribution >= 0.6 is 0 Å². The lowest BCUT2D eigenvalue weighted by atomic mass is 10.1. The smallest absolute Gasteiger partial charge is 0.251 e. The van der Waals surface area contributed by atoms with Gasteiger partial charge in [-0.3, -0.25) is 4.79 Å². The first-order valence-electron chi connectivity index (χ1n) is 7.90. The molecule has 0 aliphatic heterocycles. The molecule has 1 aromatic heterocycles. The largest absolute Gasteiger partial charge is 0.352 e. The van der Waals surface area contributed by atoms with E-state index in [1.54, 1.807) is 0 Å². The maximum absolute atomic E-state index is 12.1. The van der Waals surface area contributed by atoms with Gasteiger partial charge in [0.15, 0.2) is 0 Å². The molecule has 0 aliphatic carbocycles. The summed E-state index contributed by atoms with van der Waals surface area (Å²) < 4.78 is 2.12. The number of amides is 1. The molecule has 4 nitrogen and oxygen atoms in total. The van der Waals surface area contributed by atoms with Crippen molar-refractivity contribution < 1.29 is 4.79 Å². The van der Waals surface area contributed by atoms with Gasteiger partial charge in [-0.2, -0.15) is 0 Å². The van der Waals surface area contributed by atoms with Gasteiger partial charge in [-0.05, 0) is 37.6 Å². The predicted molar refractivity (Wildman–Crippen MR) is 92.5 cm³/mol. The Bertz CT molecular complexity index is 836. The summed E-state index contributed by atoms with van der Waals surface area (Å²) in [4.78, 5) is 16.7. The van der Waals surface area contributed by atoms with E-state index in [4.69, 9.17) is 0 Å². The van der Waals surface area contributed by atoms with Gasteiger partial charge in [0.2, 0.25) is 0 Å². The first kappa shape index (κ1) is 15.3. The van der Waals surface area contributed by atoms with Gasteiger partial charge < -0.3 is 9.88 Å². The van der Waals surface area contributed by atoms with E-state index in [2.05, 4.69) is 20.9 Å². The molecular weight excluding hydrogens is 286 g/mol. The van der Waals surface area contributed by atoms with Crippen LogP contribution in [0.25, 0.3) is 11.0 Å². The molecule has 0 aliphatic rings. The Morgan fingerprint density at radius 3 is 2.78 bits per heavy atom. The number of rotatable bonds is 5. The average Bonchev–Trinajstić information content (AvgIpc) is 2.88. The number of para-hydroxylation sites is 2. The van der Waals surface area contributed by atoms with Crippen LogP contribution in [0.1, 0.15) is 28.2 Å². The molecule has 0 fully saturated rings. The van der Waals surface area contributed by atoms with E-state index >= 15 is 0 Å². The van der Waals surface area contributed by atoms with Crippen LogP contribution in [-0.2, 0) is 13.5 Å². The standard InChI is InChI=1S/C19H21N3O/c1-14-7-5-8-15(13-14)19(23)20-12-6-11-18-21-16-9-3-4-10-17(16)22(18)2/h3-5,7-10,13H,6,11-12H2,1-2H3,(H,20,23). The molecule has 1 N–H and O–H groups in total. The molecule has 0 unspecified atom stereocenters. The molecule has 0 saturated heterocycles. The van der Waals surface area contributed by atoms with Gasteiger partial charge >= 0.3 is 0 Å². The summed E-state index contributed by atoms with van der Waals surface area (Å²) >= 11 is 0. The number of aryl methyl sites for hydroxylation is 3. The minimum absolute atomic E-state index is 0.0151. The van der Waals surface area contributed by atoms with Gasteiger partial charge in [-0.25, -0.2) is 4.98 Å². The summed E-state index contributed by atoms with van der Waals surface area (Å²) in [5.41, 5.74) is 3.98. The van der Waals surface area contributed by atoms with Crippen molar-refractivity contribution >= 4 is 16.9 Å². The maximum atomic E-state index is 12.1. The second kappa shape index (κ2) is 6.65. The van der Waals surface area contributed by atoms with E-state index < -0.39 is 0 Å². The zero-order valence-electron chi connectivity index (χ0n) is 13.5. The third kappa shape index (κ3) is 3.42. The van der Waals surface area contributed by atoms with Crippen molar-refractivity contribution in [3.63, 3.8) is 0 Å². The Kier molecular flexibility index (Phi) is 4.42. The summed E-state index contributed by atoms with van der Waals surface area (Å²) in [7, 11) is 2.04. The van der Waals surface area contributed by atoms with Gasteiger partial charge in [-0.15, -0.1) is 0 Å². The monoisotopic (exact) mass is 307 g/mol. The van der Waals surface area contributed by atoms with E-state index in [9.17, 15) is 4.79 Å². The summed E-state index contributed by atoms with van der Waals surface area (Å²) in [5, 5.41) is 2.97. The third-order valence-corrected chi connectivity index (χ3v) is 4.02. The number of nitrogens with one attached hydrogen (secondary N) is 1. The molecule has 1 amide bonds. The summed E-state index contributed by atoms with van der Waals surface area (Å²) in [6.45, 7) is 2.64. The van der Waals surface area contributed by atoms with Crippen LogP contribution in [0.4, 0.5) is 0 Å². The molecule has 23 heavy (non-hydrogen) atoms. The normalized spacial score (nSPS) is 10.9. The van der Waals surface area contributed by atoms with Crippen molar-refractivity contribution in [3.8, 4) is 0 Å². The zero-order valence-corrected chi connectivity index (χ0v) is 13.5. The van der Waals surface area contributed by atoms with Gasteiger partial charge in [0.1, 0.15) is 5.82 Å². The van der Waals surface area contributed by atoms with E-state index in [1.807, 2.05) is 56.4 Å². The molecular formula is C19H21N3O. The fraction of sp³-hybridized carbons (Fsp3) is 0.263. The van der Waals surface area contributed by atoms with E-state index in [0.717, 1.165) is 35.3 Å².